The first-order valence-corrected chi connectivity index (χ1v) is 6.26. The van der Waals surface area contributed by atoms with Gasteiger partial charge in [0.1, 0.15) is 0 Å². The Morgan fingerprint density at radius 1 is 1.07 bits per heavy atom. The van der Waals surface area contributed by atoms with Gasteiger partial charge in [0, 0.05) is 12.1 Å². The van der Waals surface area contributed by atoms with Crippen molar-refractivity contribution in [1.29, 1.82) is 0 Å². The lowest BCUT2D eigenvalue weighted by Crippen LogP contribution is -2.53. The van der Waals surface area contributed by atoms with Crippen LogP contribution >= 0.6 is 0 Å². The number of hydrogen-bond donors (Lipinski definition) is 1. The van der Waals surface area contributed by atoms with Crippen molar-refractivity contribution in [2.24, 2.45) is 11.1 Å². The van der Waals surface area contributed by atoms with Crippen LogP contribution in [0.5, 0.6) is 0 Å². The minimum Gasteiger partial charge on any atom is -0.325 e. The maximum Gasteiger partial charge on any atom is 0.0161 e. The Morgan fingerprint density at radius 3 is 1.93 bits per heavy atom. The topological polar surface area (TPSA) is 29.3 Å². The third-order valence-electron chi connectivity index (χ3n) is 3.64. The second-order valence-corrected chi connectivity index (χ2v) is 5.83. The molecule has 0 spiro atoms. The summed E-state index contributed by atoms with van der Waals surface area (Å²) in [5.41, 5.74) is 6.26. The number of rotatable bonds is 7. The van der Waals surface area contributed by atoms with Gasteiger partial charge in [-0.05, 0) is 38.8 Å². The minimum atomic E-state index is -0.118. The normalized spacial score (nSPS) is 13.6. The zero-order valence-electron chi connectivity index (χ0n) is 11.6. The lowest BCUT2D eigenvalue weighted by atomic mass is 9.75. The third-order valence-corrected chi connectivity index (χ3v) is 3.64. The molecule has 0 aliphatic carbocycles. The first-order chi connectivity index (χ1) is 6.74. The third kappa shape index (κ3) is 4.98. The molecule has 0 amide bonds. The summed E-state index contributed by atoms with van der Waals surface area (Å²) in [7, 11) is 0. The summed E-state index contributed by atoms with van der Waals surface area (Å²) in [6, 6.07) is 0. The highest BCUT2D eigenvalue weighted by Gasteiger charge is 2.34. The zero-order valence-corrected chi connectivity index (χ0v) is 11.6. The molecule has 0 heterocycles. The van der Waals surface area contributed by atoms with Crippen molar-refractivity contribution in [1.82, 2.24) is 4.90 Å². The van der Waals surface area contributed by atoms with Gasteiger partial charge in [0.05, 0.1) is 0 Å². The predicted octanol–water partition coefficient (Wildman–Crippen LogP) is 2.87. The van der Waals surface area contributed by atoms with Gasteiger partial charge in [0.25, 0.3) is 0 Å². The molecule has 0 aromatic heterocycles. The average molecular weight is 214 g/mol. The van der Waals surface area contributed by atoms with E-state index in [2.05, 4.69) is 46.4 Å². The quantitative estimate of drug-likeness (QED) is 0.706. The highest BCUT2D eigenvalue weighted by molar-refractivity contribution is 4.92. The van der Waals surface area contributed by atoms with Gasteiger partial charge in [0.2, 0.25) is 0 Å². The Bertz CT molecular complexity index is 168. The fourth-order valence-electron chi connectivity index (χ4n) is 1.49. The van der Waals surface area contributed by atoms with Crippen molar-refractivity contribution in [2.75, 3.05) is 19.6 Å². The lowest BCUT2D eigenvalue weighted by molar-refractivity contribution is 0.116. The van der Waals surface area contributed by atoms with Crippen LogP contribution in [-0.2, 0) is 0 Å². The van der Waals surface area contributed by atoms with Gasteiger partial charge in [-0.15, -0.1) is 0 Å². The number of nitrogens with zero attached hydrogens (tertiary/aromatic N) is 1. The molecular weight excluding hydrogens is 184 g/mol. The molecule has 0 saturated heterocycles. The SMILES string of the molecule is CCCCN(CC)CC(C)(C)C(C)(C)N. The molecule has 0 atom stereocenters. The van der Waals surface area contributed by atoms with E-state index in [9.17, 15) is 0 Å². The van der Waals surface area contributed by atoms with Crippen LogP contribution in [0.4, 0.5) is 0 Å². The summed E-state index contributed by atoms with van der Waals surface area (Å²) in [6.45, 7) is 16.7. The van der Waals surface area contributed by atoms with E-state index in [1.165, 1.54) is 19.4 Å². The van der Waals surface area contributed by atoms with Crippen LogP contribution in [0.2, 0.25) is 0 Å². The van der Waals surface area contributed by atoms with Gasteiger partial charge in [-0.2, -0.15) is 0 Å². The van der Waals surface area contributed by atoms with E-state index in [1.807, 2.05) is 0 Å². The van der Waals surface area contributed by atoms with Crippen LogP contribution in [0, 0.1) is 5.41 Å². The Labute approximate surface area is 96.2 Å². The molecule has 0 unspecified atom stereocenters. The Morgan fingerprint density at radius 2 is 1.60 bits per heavy atom. The zero-order chi connectivity index (χ0) is 12.1. The van der Waals surface area contributed by atoms with Gasteiger partial charge in [0.15, 0.2) is 0 Å². The van der Waals surface area contributed by atoms with Crippen molar-refractivity contribution in [3.63, 3.8) is 0 Å². The molecule has 2 nitrogen and oxygen atoms in total. The molecule has 0 rings (SSSR count). The number of nitrogens with two attached hydrogens (primary N) is 1. The highest BCUT2D eigenvalue weighted by Crippen LogP contribution is 2.29. The van der Waals surface area contributed by atoms with E-state index in [0.29, 0.717) is 0 Å². The average Bonchev–Trinajstić information content (AvgIpc) is 2.10. The Balaban J connectivity index is 4.27. The highest BCUT2D eigenvalue weighted by atomic mass is 15.1. The van der Waals surface area contributed by atoms with E-state index < -0.39 is 0 Å². The summed E-state index contributed by atoms with van der Waals surface area (Å²) < 4.78 is 0. The van der Waals surface area contributed by atoms with Crippen LogP contribution in [0.1, 0.15) is 54.4 Å². The van der Waals surface area contributed by atoms with Gasteiger partial charge in [-0.25, -0.2) is 0 Å². The molecule has 0 aliphatic heterocycles. The lowest BCUT2D eigenvalue weighted by Gasteiger charge is -2.42. The van der Waals surface area contributed by atoms with Crippen molar-refractivity contribution in [2.45, 2.75) is 59.9 Å². The van der Waals surface area contributed by atoms with Gasteiger partial charge in [-0.1, -0.05) is 34.1 Å². The summed E-state index contributed by atoms with van der Waals surface area (Å²) in [4.78, 5) is 2.51. The van der Waals surface area contributed by atoms with Crippen LogP contribution < -0.4 is 5.73 Å². The minimum absolute atomic E-state index is 0.118. The van der Waals surface area contributed by atoms with Crippen molar-refractivity contribution in [3.8, 4) is 0 Å². The molecule has 0 saturated carbocycles. The number of hydrogen-bond acceptors (Lipinski definition) is 2. The molecule has 15 heavy (non-hydrogen) atoms. The molecule has 0 bridgehead atoms. The van der Waals surface area contributed by atoms with Gasteiger partial charge < -0.3 is 10.6 Å². The first kappa shape index (κ1) is 14.9. The predicted molar refractivity (Wildman–Crippen MR) is 69.1 cm³/mol. The molecular formula is C13H30N2. The van der Waals surface area contributed by atoms with Gasteiger partial charge in [-0.3, -0.25) is 0 Å². The maximum absolute atomic E-state index is 6.22. The standard InChI is InChI=1S/C13H30N2/c1-7-9-10-15(8-2)11-12(3,4)13(5,6)14/h7-11,14H2,1-6H3. The van der Waals surface area contributed by atoms with E-state index in [4.69, 9.17) is 5.73 Å². The second kappa shape index (κ2) is 5.86. The largest absolute Gasteiger partial charge is 0.325 e. The summed E-state index contributed by atoms with van der Waals surface area (Å²) in [5, 5.41) is 0. The molecule has 2 heteroatoms. The maximum atomic E-state index is 6.22. The molecule has 92 valence electrons. The molecule has 2 N–H and O–H groups in total. The van der Waals surface area contributed by atoms with Crippen LogP contribution in [0.15, 0.2) is 0 Å². The molecule has 0 aromatic rings. The Kier molecular flexibility index (Phi) is 5.82. The monoisotopic (exact) mass is 214 g/mol. The van der Waals surface area contributed by atoms with Crippen molar-refractivity contribution >= 4 is 0 Å². The van der Waals surface area contributed by atoms with E-state index in [0.717, 1.165) is 13.1 Å². The van der Waals surface area contributed by atoms with Crippen LogP contribution in [-0.4, -0.2) is 30.1 Å². The van der Waals surface area contributed by atoms with Crippen molar-refractivity contribution < 1.29 is 0 Å². The molecule has 0 aromatic carbocycles. The molecule has 0 radical (unpaired) electrons. The van der Waals surface area contributed by atoms with Crippen molar-refractivity contribution in [3.05, 3.63) is 0 Å². The van der Waals surface area contributed by atoms with Crippen LogP contribution in [0.3, 0.4) is 0 Å². The van der Waals surface area contributed by atoms with E-state index >= 15 is 0 Å². The van der Waals surface area contributed by atoms with E-state index in [1.54, 1.807) is 0 Å². The fraction of sp³-hybridized carbons (Fsp3) is 1.00. The first-order valence-electron chi connectivity index (χ1n) is 6.26. The van der Waals surface area contributed by atoms with E-state index in [-0.39, 0.29) is 11.0 Å². The number of unbranched alkanes of at least 4 members (excludes halogenated alkanes) is 1. The summed E-state index contributed by atoms with van der Waals surface area (Å²) in [6.07, 6.45) is 2.55. The second-order valence-electron chi connectivity index (χ2n) is 5.83. The van der Waals surface area contributed by atoms with Crippen LogP contribution in [0.25, 0.3) is 0 Å². The molecule has 0 aliphatic rings. The molecule has 0 fully saturated rings. The smallest absolute Gasteiger partial charge is 0.0161 e. The van der Waals surface area contributed by atoms with Gasteiger partial charge >= 0.3 is 0 Å². The summed E-state index contributed by atoms with van der Waals surface area (Å²) in [5.74, 6) is 0. The fourth-order valence-corrected chi connectivity index (χ4v) is 1.49. The summed E-state index contributed by atoms with van der Waals surface area (Å²) >= 11 is 0. The Hall–Kier alpha value is -0.0800.